The maximum absolute atomic E-state index is 3.51. The smallest absolute Gasteiger partial charge is 0.0485 e. The lowest BCUT2D eigenvalue weighted by molar-refractivity contribution is 0.749. The van der Waals surface area contributed by atoms with E-state index in [1.165, 1.54) is 29.4 Å². The summed E-state index contributed by atoms with van der Waals surface area (Å²) in [6.45, 7) is 2.20. The number of hydrogen-bond donors (Lipinski definition) is 0. The average Bonchev–Trinajstić information content (AvgIpc) is 2.89. The topological polar surface area (TPSA) is 4.93 Å². The van der Waals surface area contributed by atoms with Crippen LogP contribution in [0.1, 0.15) is 24.6 Å². The van der Waals surface area contributed by atoms with Crippen molar-refractivity contribution in [3.05, 3.63) is 34.4 Å². The Hall–Kier alpha value is -0.760. The van der Waals surface area contributed by atoms with Gasteiger partial charge >= 0.3 is 0 Å². The normalized spacial score (nSPS) is 16.4. The first-order chi connectivity index (χ1) is 6.75. The molecule has 2 aromatic rings. The Morgan fingerprint density at radius 1 is 1.29 bits per heavy atom. The lowest BCUT2D eigenvalue weighted by atomic mass is 10.2. The van der Waals surface area contributed by atoms with Gasteiger partial charge in [-0.1, -0.05) is 15.9 Å². The molecule has 2 heteroatoms. The number of halogens is 1. The molecule has 0 aliphatic heterocycles. The van der Waals surface area contributed by atoms with Gasteiger partial charge in [0, 0.05) is 27.1 Å². The summed E-state index contributed by atoms with van der Waals surface area (Å²) in [4.78, 5) is 0. The maximum Gasteiger partial charge on any atom is 0.0485 e. The number of nitrogens with zero attached hydrogens (tertiary/aromatic N) is 1. The number of aromatic nitrogens is 1. The Balaban J connectivity index is 2.32. The van der Waals surface area contributed by atoms with Gasteiger partial charge < -0.3 is 4.57 Å². The predicted molar refractivity (Wildman–Crippen MR) is 62.6 cm³/mol. The lowest BCUT2D eigenvalue weighted by Crippen LogP contribution is -1.94. The van der Waals surface area contributed by atoms with Crippen LogP contribution >= 0.6 is 15.9 Å². The van der Waals surface area contributed by atoms with Gasteiger partial charge in [0.2, 0.25) is 0 Å². The molecule has 0 amide bonds. The molecule has 1 heterocycles. The maximum atomic E-state index is 3.51. The van der Waals surface area contributed by atoms with E-state index in [1.54, 1.807) is 0 Å². The molecule has 0 spiro atoms. The summed E-state index contributed by atoms with van der Waals surface area (Å²) in [7, 11) is 0. The SMILES string of the molecule is Cc1cc2cc(Br)ccc2n1C1CC1. The first-order valence-corrected chi connectivity index (χ1v) is 5.82. The summed E-state index contributed by atoms with van der Waals surface area (Å²) in [5.74, 6) is 0. The molecular formula is C12H12BrN. The van der Waals surface area contributed by atoms with Crippen molar-refractivity contribution in [1.82, 2.24) is 4.57 Å². The van der Waals surface area contributed by atoms with Crippen molar-refractivity contribution in [3.8, 4) is 0 Å². The van der Waals surface area contributed by atoms with E-state index in [2.05, 4.69) is 51.7 Å². The molecule has 0 atom stereocenters. The summed E-state index contributed by atoms with van der Waals surface area (Å²) >= 11 is 3.51. The first kappa shape index (κ1) is 8.54. The van der Waals surface area contributed by atoms with E-state index in [9.17, 15) is 0 Å². The van der Waals surface area contributed by atoms with Crippen molar-refractivity contribution in [3.63, 3.8) is 0 Å². The van der Waals surface area contributed by atoms with Crippen molar-refractivity contribution in [2.45, 2.75) is 25.8 Å². The molecule has 14 heavy (non-hydrogen) atoms. The van der Waals surface area contributed by atoms with E-state index in [-0.39, 0.29) is 0 Å². The molecule has 0 bridgehead atoms. The van der Waals surface area contributed by atoms with Crippen LogP contribution in [-0.2, 0) is 0 Å². The molecule has 1 aromatic carbocycles. The van der Waals surface area contributed by atoms with Crippen LogP contribution in [-0.4, -0.2) is 4.57 Å². The van der Waals surface area contributed by atoms with Crippen molar-refractivity contribution >= 4 is 26.8 Å². The fraction of sp³-hybridized carbons (Fsp3) is 0.333. The Morgan fingerprint density at radius 3 is 2.79 bits per heavy atom. The zero-order chi connectivity index (χ0) is 9.71. The van der Waals surface area contributed by atoms with Crippen LogP contribution in [0.25, 0.3) is 10.9 Å². The van der Waals surface area contributed by atoms with E-state index in [1.807, 2.05) is 0 Å². The molecule has 1 nitrogen and oxygen atoms in total. The van der Waals surface area contributed by atoms with Crippen LogP contribution in [0.5, 0.6) is 0 Å². The minimum Gasteiger partial charge on any atom is -0.342 e. The van der Waals surface area contributed by atoms with Crippen LogP contribution < -0.4 is 0 Å². The van der Waals surface area contributed by atoms with Crippen molar-refractivity contribution in [2.75, 3.05) is 0 Å². The second-order valence-electron chi connectivity index (χ2n) is 4.09. The summed E-state index contributed by atoms with van der Waals surface area (Å²) in [5, 5.41) is 1.35. The van der Waals surface area contributed by atoms with Gasteiger partial charge in [-0.25, -0.2) is 0 Å². The summed E-state index contributed by atoms with van der Waals surface area (Å²) < 4.78 is 3.64. The van der Waals surface area contributed by atoms with Gasteiger partial charge in [-0.2, -0.15) is 0 Å². The molecule has 1 aliphatic rings. The van der Waals surface area contributed by atoms with E-state index in [0.717, 1.165) is 10.5 Å². The average molecular weight is 250 g/mol. The van der Waals surface area contributed by atoms with Crippen LogP contribution in [0.4, 0.5) is 0 Å². The van der Waals surface area contributed by atoms with Gasteiger partial charge in [-0.3, -0.25) is 0 Å². The second kappa shape index (κ2) is 2.86. The molecule has 0 N–H and O–H groups in total. The van der Waals surface area contributed by atoms with Gasteiger partial charge in [0.15, 0.2) is 0 Å². The number of hydrogen-bond acceptors (Lipinski definition) is 0. The molecule has 1 aliphatic carbocycles. The molecule has 0 unspecified atom stereocenters. The molecule has 1 saturated carbocycles. The minimum absolute atomic E-state index is 0.772. The third-order valence-electron chi connectivity index (χ3n) is 2.91. The first-order valence-electron chi connectivity index (χ1n) is 5.03. The van der Waals surface area contributed by atoms with Crippen molar-refractivity contribution in [1.29, 1.82) is 0 Å². The van der Waals surface area contributed by atoms with E-state index >= 15 is 0 Å². The highest BCUT2D eigenvalue weighted by Gasteiger charge is 2.25. The predicted octanol–water partition coefficient (Wildman–Crippen LogP) is 4.05. The molecule has 72 valence electrons. The van der Waals surface area contributed by atoms with Crippen LogP contribution in [0.15, 0.2) is 28.7 Å². The van der Waals surface area contributed by atoms with Crippen LogP contribution in [0.3, 0.4) is 0 Å². The number of aryl methyl sites for hydroxylation is 1. The lowest BCUT2D eigenvalue weighted by Gasteiger charge is -2.05. The van der Waals surface area contributed by atoms with E-state index in [0.29, 0.717) is 0 Å². The van der Waals surface area contributed by atoms with Crippen LogP contribution in [0, 0.1) is 6.92 Å². The highest BCUT2D eigenvalue weighted by Crippen LogP contribution is 2.39. The van der Waals surface area contributed by atoms with Gasteiger partial charge in [0.25, 0.3) is 0 Å². The molecule has 0 saturated heterocycles. The third kappa shape index (κ3) is 1.21. The molecule has 3 rings (SSSR count). The van der Waals surface area contributed by atoms with Gasteiger partial charge in [-0.15, -0.1) is 0 Å². The summed E-state index contributed by atoms with van der Waals surface area (Å²) in [6.07, 6.45) is 2.70. The van der Waals surface area contributed by atoms with E-state index < -0.39 is 0 Å². The quantitative estimate of drug-likeness (QED) is 0.719. The standard InChI is InChI=1S/C12H12BrN/c1-8-6-9-7-10(13)2-5-12(9)14(8)11-3-4-11/h2,5-7,11H,3-4H2,1H3. The molecular weight excluding hydrogens is 238 g/mol. The largest absolute Gasteiger partial charge is 0.342 e. The minimum atomic E-state index is 0.772. The van der Waals surface area contributed by atoms with Gasteiger partial charge in [0.05, 0.1) is 0 Å². The number of fused-ring (bicyclic) bond motifs is 1. The van der Waals surface area contributed by atoms with E-state index in [4.69, 9.17) is 0 Å². The molecule has 0 radical (unpaired) electrons. The zero-order valence-corrected chi connectivity index (χ0v) is 9.71. The Kier molecular flexibility index (Phi) is 1.75. The summed E-state index contributed by atoms with van der Waals surface area (Å²) in [6, 6.07) is 9.58. The van der Waals surface area contributed by atoms with Crippen LogP contribution in [0.2, 0.25) is 0 Å². The summed E-state index contributed by atoms with van der Waals surface area (Å²) in [5.41, 5.74) is 2.77. The Morgan fingerprint density at radius 2 is 2.07 bits per heavy atom. The van der Waals surface area contributed by atoms with Crippen molar-refractivity contribution in [2.24, 2.45) is 0 Å². The monoisotopic (exact) mass is 249 g/mol. The highest BCUT2D eigenvalue weighted by atomic mass is 79.9. The number of benzene rings is 1. The molecule has 1 aromatic heterocycles. The van der Waals surface area contributed by atoms with Crippen molar-refractivity contribution < 1.29 is 0 Å². The fourth-order valence-electron chi connectivity index (χ4n) is 2.16. The van der Waals surface area contributed by atoms with Gasteiger partial charge in [0.1, 0.15) is 0 Å². The fourth-order valence-corrected chi connectivity index (χ4v) is 2.54. The third-order valence-corrected chi connectivity index (χ3v) is 3.40. The molecule has 1 fully saturated rings. The number of rotatable bonds is 1. The Labute approximate surface area is 91.9 Å². The highest BCUT2D eigenvalue weighted by molar-refractivity contribution is 9.10. The van der Waals surface area contributed by atoms with Gasteiger partial charge in [-0.05, 0) is 44.0 Å². The second-order valence-corrected chi connectivity index (χ2v) is 5.01. The Bertz CT molecular complexity index is 494. The zero-order valence-electron chi connectivity index (χ0n) is 8.13.